The second-order valence-corrected chi connectivity index (χ2v) is 6.74. The van der Waals surface area contributed by atoms with Gasteiger partial charge in [-0.15, -0.1) is 0 Å². The second kappa shape index (κ2) is 6.36. The number of hydrogen-bond acceptors (Lipinski definition) is 3. The lowest BCUT2D eigenvalue weighted by Crippen LogP contribution is -2.39. The van der Waals surface area contributed by atoms with Crippen molar-refractivity contribution in [2.24, 2.45) is 23.7 Å². The highest BCUT2D eigenvalue weighted by Crippen LogP contribution is 2.35. The Labute approximate surface area is 111 Å². The maximum Gasteiger partial charge on any atom is 0.0580 e. The van der Waals surface area contributed by atoms with Gasteiger partial charge < -0.3 is 15.1 Å². The Bertz CT molecular complexity index is 257. The first kappa shape index (κ1) is 14.3. The van der Waals surface area contributed by atoms with Crippen molar-refractivity contribution >= 4 is 0 Å². The number of likely N-dealkylation sites (tertiary alicyclic amines) is 1. The molecule has 1 aliphatic carbocycles. The predicted octanol–water partition coefficient (Wildman–Crippen LogP) is 1.73. The standard InChI is InChI=1S/C15H29NO2/c1-11(2)13-3-4-15(18)14(7-13)9-16-6-5-12(8-16)10-17/h11-15,17-18H,3-10H2,1-2H3. The summed E-state index contributed by atoms with van der Waals surface area (Å²) in [5.74, 6) is 2.44. The SMILES string of the molecule is CC(C)C1CCC(O)C(CN2CCC(CO)C2)C1. The van der Waals surface area contributed by atoms with E-state index < -0.39 is 0 Å². The van der Waals surface area contributed by atoms with Crippen LogP contribution in [0.2, 0.25) is 0 Å². The molecule has 2 rings (SSSR count). The van der Waals surface area contributed by atoms with E-state index in [1.807, 2.05) is 0 Å². The molecule has 1 heterocycles. The molecule has 0 bridgehead atoms. The summed E-state index contributed by atoms with van der Waals surface area (Å²) in [5.41, 5.74) is 0. The van der Waals surface area contributed by atoms with Gasteiger partial charge in [0, 0.05) is 19.7 Å². The number of rotatable bonds is 4. The summed E-state index contributed by atoms with van der Waals surface area (Å²) in [4.78, 5) is 2.44. The molecule has 1 saturated carbocycles. The van der Waals surface area contributed by atoms with Crippen LogP contribution in [-0.2, 0) is 0 Å². The number of nitrogens with zero attached hydrogens (tertiary/aromatic N) is 1. The first-order valence-electron chi connectivity index (χ1n) is 7.61. The first-order valence-corrected chi connectivity index (χ1v) is 7.61. The van der Waals surface area contributed by atoms with E-state index in [-0.39, 0.29) is 6.10 Å². The van der Waals surface area contributed by atoms with Crippen molar-refractivity contribution in [1.82, 2.24) is 4.90 Å². The molecular formula is C15H29NO2. The van der Waals surface area contributed by atoms with Crippen LogP contribution in [0.15, 0.2) is 0 Å². The van der Waals surface area contributed by atoms with Gasteiger partial charge >= 0.3 is 0 Å². The largest absolute Gasteiger partial charge is 0.396 e. The lowest BCUT2D eigenvalue weighted by molar-refractivity contribution is 0.0212. The quantitative estimate of drug-likeness (QED) is 0.804. The van der Waals surface area contributed by atoms with Crippen LogP contribution in [0.4, 0.5) is 0 Å². The third-order valence-corrected chi connectivity index (χ3v) is 5.05. The van der Waals surface area contributed by atoms with Gasteiger partial charge in [-0.05, 0) is 55.9 Å². The van der Waals surface area contributed by atoms with Crippen LogP contribution >= 0.6 is 0 Å². The molecule has 0 spiro atoms. The normalized spacial score (nSPS) is 38.5. The zero-order valence-electron chi connectivity index (χ0n) is 11.9. The summed E-state index contributed by atoms with van der Waals surface area (Å²) in [6.07, 6.45) is 4.36. The van der Waals surface area contributed by atoms with Gasteiger partial charge in [-0.2, -0.15) is 0 Å². The fourth-order valence-corrected chi connectivity index (χ4v) is 3.65. The van der Waals surface area contributed by atoms with Gasteiger partial charge in [0.05, 0.1) is 6.10 Å². The van der Waals surface area contributed by atoms with Gasteiger partial charge in [-0.1, -0.05) is 13.8 Å². The molecule has 0 aromatic rings. The minimum atomic E-state index is -0.104. The Hall–Kier alpha value is -0.120. The monoisotopic (exact) mass is 255 g/mol. The highest BCUT2D eigenvalue weighted by atomic mass is 16.3. The fourth-order valence-electron chi connectivity index (χ4n) is 3.65. The summed E-state index contributed by atoms with van der Waals surface area (Å²) in [6, 6.07) is 0. The molecule has 3 heteroatoms. The molecule has 4 unspecified atom stereocenters. The molecule has 0 radical (unpaired) electrons. The average molecular weight is 255 g/mol. The van der Waals surface area contributed by atoms with E-state index in [0.29, 0.717) is 18.4 Å². The lowest BCUT2D eigenvalue weighted by Gasteiger charge is -2.37. The third kappa shape index (κ3) is 3.46. The van der Waals surface area contributed by atoms with Crippen molar-refractivity contribution in [3.8, 4) is 0 Å². The maximum absolute atomic E-state index is 10.2. The van der Waals surface area contributed by atoms with E-state index in [1.165, 1.54) is 12.8 Å². The highest BCUT2D eigenvalue weighted by Gasteiger charge is 2.33. The molecule has 1 saturated heterocycles. The van der Waals surface area contributed by atoms with Crippen molar-refractivity contribution < 1.29 is 10.2 Å². The lowest BCUT2D eigenvalue weighted by atomic mass is 9.74. The van der Waals surface area contributed by atoms with Crippen molar-refractivity contribution in [2.75, 3.05) is 26.2 Å². The van der Waals surface area contributed by atoms with Crippen LogP contribution in [0.1, 0.15) is 39.5 Å². The van der Waals surface area contributed by atoms with Crippen LogP contribution < -0.4 is 0 Å². The van der Waals surface area contributed by atoms with Crippen LogP contribution in [0, 0.1) is 23.7 Å². The third-order valence-electron chi connectivity index (χ3n) is 5.05. The summed E-state index contributed by atoms with van der Waals surface area (Å²) in [5, 5.41) is 19.4. The molecule has 0 amide bonds. The Morgan fingerprint density at radius 1 is 1.22 bits per heavy atom. The molecule has 3 nitrogen and oxygen atoms in total. The Balaban J connectivity index is 1.83. The summed E-state index contributed by atoms with van der Waals surface area (Å²) in [6.45, 7) is 8.07. The second-order valence-electron chi connectivity index (χ2n) is 6.74. The zero-order chi connectivity index (χ0) is 13.1. The summed E-state index contributed by atoms with van der Waals surface area (Å²) < 4.78 is 0. The van der Waals surface area contributed by atoms with E-state index in [0.717, 1.165) is 44.3 Å². The Kier molecular flexibility index (Phi) is 5.05. The van der Waals surface area contributed by atoms with E-state index in [9.17, 15) is 10.2 Å². The molecule has 0 aromatic heterocycles. The van der Waals surface area contributed by atoms with Crippen molar-refractivity contribution in [3.05, 3.63) is 0 Å². The van der Waals surface area contributed by atoms with Crippen LogP contribution in [0.25, 0.3) is 0 Å². The van der Waals surface area contributed by atoms with Crippen LogP contribution in [0.5, 0.6) is 0 Å². The van der Waals surface area contributed by atoms with Gasteiger partial charge in [0.25, 0.3) is 0 Å². The minimum absolute atomic E-state index is 0.104. The minimum Gasteiger partial charge on any atom is -0.396 e. The average Bonchev–Trinajstić information content (AvgIpc) is 2.79. The summed E-state index contributed by atoms with van der Waals surface area (Å²) >= 11 is 0. The molecule has 2 aliphatic rings. The van der Waals surface area contributed by atoms with Gasteiger partial charge in [-0.25, -0.2) is 0 Å². The van der Waals surface area contributed by atoms with Gasteiger partial charge in [0.2, 0.25) is 0 Å². The molecule has 106 valence electrons. The number of aliphatic hydroxyl groups is 2. The molecule has 18 heavy (non-hydrogen) atoms. The molecule has 0 aromatic carbocycles. The molecule has 4 atom stereocenters. The van der Waals surface area contributed by atoms with Gasteiger partial charge in [-0.3, -0.25) is 0 Å². The van der Waals surface area contributed by atoms with E-state index in [2.05, 4.69) is 18.7 Å². The Morgan fingerprint density at radius 3 is 2.61 bits per heavy atom. The van der Waals surface area contributed by atoms with Crippen molar-refractivity contribution in [1.29, 1.82) is 0 Å². The predicted molar refractivity (Wildman–Crippen MR) is 73.3 cm³/mol. The zero-order valence-corrected chi connectivity index (χ0v) is 11.9. The summed E-state index contributed by atoms with van der Waals surface area (Å²) in [7, 11) is 0. The number of aliphatic hydroxyl groups excluding tert-OH is 2. The van der Waals surface area contributed by atoms with E-state index in [1.54, 1.807) is 0 Å². The molecule has 2 N–H and O–H groups in total. The first-order chi connectivity index (χ1) is 8.60. The number of hydrogen-bond donors (Lipinski definition) is 2. The van der Waals surface area contributed by atoms with E-state index in [4.69, 9.17) is 0 Å². The van der Waals surface area contributed by atoms with E-state index >= 15 is 0 Å². The molecular weight excluding hydrogens is 226 g/mol. The Morgan fingerprint density at radius 2 is 2.00 bits per heavy atom. The smallest absolute Gasteiger partial charge is 0.0580 e. The topological polar surface area (TPSA) is 43.7 Å². The molecule has 2 fully saturated rings. The molecule has 1 aliphatic heterocycles. The van der Waals surface area contributed by atoms with Gasteiger partial charge in [0.1, 0.15) is 0 Å². The van der Waals surface area contributed by atoms with Crippen LogP contribution in [0.3, 0.4) is 0 Å². The van der Waals surface area contributed by atoms with Crippen LogP contribution in [-0.4, -0.2) is 47.5 Å². The fraction of sp³-hybridized carbons (Fsp3) is 1.00. The van der Waals surface area contributed by atoms with Crippen molar-refractivity contribution in [2.45, 2.75) is 45.6 Å². The highest BCUT2D eigenvalue weighted by molar-refractivity contribution is 4.85. The van der Waals surface area contributed by atoms with Crippen molar-refractivity contribution in [3.63, 3.8) is 0 Å². The van der Waals surface area contributed by atoms with Gasteiger partial charge in [0.15, 0.2) is 0 Å². The maximum atomic E-state index is 10.2.